The molecule has 214 valence electrons. The van der Waals surface area contributed by atoms with Crippen molar-refractivity contribution in [2.24, 2.45) is 0 Å². The third-order valence-electron chi connectivity index (χ3n) is 7.35. The lowest BCUT2D eigenvalue weighted by molar-refractivity contribution is 0.785. The highest BCUT2D eigenvalue weighted by atomic mass is 32.1. The number of benzene rings is 2. The maximum atomic E-state index is 14.0. The van der Waals surface area contributed by atoms with Crippen molar-refractivity contribution in [2.45, 2.75) is 19.0 Å². The second kappa shape index (κ2) is 12.0. The van der Waals surface area contributed by atoms with E-state index in [4.69, 9.17) is 4.98 Å². The maximum Gasteiger partial charge on any atom is 0.276 e. The van der Waals surface area contributed by atoms with Gasteiger partial charge in [-0.05, 0) is 61.0 Å². The summed E-state index contributed by atoms with van der Waals surface area (Å²) >= 11 is 1.57. The smallest absolute Gasteiger partial charge is 0.276 e. The van der Waals surface area contributed by atoms with Gasteiger partial charge in [0.05, 0.1) is 18.4 Å². The van der Waals surface area contributed by atoms with Gasteiger partial charge >= 0.3 is 0 Å². The first-order chi connectivity index (χ1) is 21.2. The fourth-order valence-corrected chi connectivity index (χ4v) is 5.93. The Morgan fingerprint density at radius 1 is 0.930 bits per heavy atom. The minimum absolute atomic E-state index is 0.202. The Hall–Kier alpha value is -5.13. The summed E-state index contributed by atoms with van der Waals surface area (Å²) in [6.07, 6.45) is 8.02. The second-order valence-electron chi connectivity index (χ2n) is 10.3. The molecule has 1 atom stereocenters. The zero-order valence-corrected chi connectivity index (χ0v) is 24.0. The number of pyridine rings is 2. The molecule has 1 saturated heterocycles. The van der Waals surface area contributed by atoms with Crippen molar-refractivity contribution in [1.82, 2.24) is 29.8 Å². The first-order valence-corrected chi connectivity index (χ1v) is 15.0. The molecule has 6 aromatic rings. The van der Waals surface area contributed by atoms with Gasteiger partial charge < -0.3 is 21.3 Å². The molecule has 10 nitrogen and oxygen atoms in total. The molecule has 0 bridgehead atoms. The van der Waals surface area contributed by atoms with Gasteiger partial charge in [-0.3, -0.25) is 14.3 Å². The first-order valence-electron chi connectivity index (χ1n) is 14.1. The highest BCUT2D eigenvalue weighted by Gasteiger charge is 2.16. The topological polar surface area (TPSA) is 122 Å². The van der Waals surface area contributed by atoms with Gasteiger partial charge in [-0.2, -0.15) is 4.98 Å². The van der Waals surface area contributed by atoms with E-state index in [0.717, 1.165) is 58.1 Å². The highest BCUT2D eigenvalue weighted by molar-refractivity contribution is 7.13. The summed E-state index contributed by atoms with van der Waals surface area (Å²) in [6, 6.07) is 22.0. The van der Waals surface area contributed by atoms with Crippen LogP contribution in [0.3, 0.4) is 0 Å². The third-order valence-corrected chi connectivity index (χ3v) is 8.15. The van der Waals surface area contributed by atoms with Gasteiger partial charge in [0, 0.05) is 58.9 Å². The Kier molecular flexibility index (Phi) is 7.47. The molecule has 43 heavy (non-hydrogen) atoms. The molecule has 1 fully saturated rings. The number of thiazole rings is 1. The summed E-state index contributed by atoms with van der Waals surface area (Å²) in [5.74, 6) is 0.405. The Morgan fingerprint density at radius 3 is 2.60 bits per heavy atom. The van der Waals surface area contributed by atoms with Crippen LogP contribution in [0.25, 0.3) is 21.6 Å². The van der Waals surface area contributed by atoms with Crippen molar-refractivity contribution in [2.75, 3.05) is 29.0 Å². The summed E-state index contributed by atoms with van der Waals surface area (Å²) in [5.41, 5.74) is 5.33. The molecular weight excluding hydrogens is 558 g/mol. The van der Waals surface area contributed by atoms with E-state index < -0.39 is 0 Å². The summed E-state index contributed by atoms with van der Waals surface area (Å²) in [5, 5.41) is 17.0. The van der Waals surface area contributed by atoms with Crippen LogP contribution in [-0.4, -0.2) is 43.6 Å². The van der Waals surface area contributed by atoms with Crippen LogP contribution in [0.1, 0.15) is 12.0 Å². The maximum absolute atomic E-state index is 14.0. The Labute approximate surface area is 251 Å². The summed E-state index contributed by atoms with van der Waals surface area (Å²) in [6.45, 7) is 2.32. The van der Waals surface area contributed by atoms with E-state index in [1.807, 2.05) is 66.0 Å². The first kappa shape index (κ1) is 26.7. The average Bonchev–Trinajstić information content (AvgIpc) is 3.77. The van der Waals surface area contributed by atoms with Gasteiger partial charge in [0.2, 0.25) is 5.95 Å². The number of fused-ring (bicyclic) bond motifs is 1. The molecule has 0 saturated carbocycles. The van der Waals surface area contributed by atoms with E-state index in [1.165, 1.54) is 0 Å². The van der Waals surface area contributed by atoms with Crippen LogP contribution >= 0.6 is 11.3 Å². The van der Waals surface area contributed by atoms with Crippen molar-refractivity contribution < 1.29 is 0 Å². The van der Waals surface area contributed by atoms with Crippen LogP contribution in [0, 0.1) is 0 Å². The molecule has 2 aromatic carbocycles. The highest BCUT2D eigenvalue weighted by Crippen LogP contribution is 2.28. The zero-order valence-electron chi connectivity index (χ0n) is 23.2. The van der Waals surface area contributed by atoms with E-state index in [9.17, 15) is 4.79 Å². The fraction of sp³-hybridized carbons (Fsp3) is 0.156. The monoisotopic (exact) mass is 587 g/mol. The zero-order chi connectivity index (χ0) is 29.0. The Bertz CT molecular complexity index is 1900. The van der Waals surface area contributed by atoms with Crippen molar-refractivity contribution in [3.63, 3.8) is 0 Å². The van der Waals surface area contributed by atoms with E-state index in [-0.39, 0.29) is 5.56 Å². The average molecular weight is 588 g/mol. The number of hydrogen-bond acceptors (Lipinski definition) is 10. The second-order valence-corrected chi connectivity index (χ2v) is 11.2. The van der Waals surface area contributed by atoms with Crippen LogP contribution in [-0.2, 0) is 6.54 Å². The standard InChI is InChI=1S/C32H29N9OS/c42-31-28(38-25-5-3-12-33-18-25)16-22-17-36-32(39-24-9-7-23(8-10-24)37-26-11-13-34-19-26)40-29(22)41(31)20-21-4-1-2-6-27(21)30-35-14-15-43-30/h1-10,12,14-18,26,34,37-38H,11,13,19-20H2,(H,36,39,40). The SMILES string of the molecule is O=c1c(Nc2cccnc2)cc2cnc(Nc3ccc(NC4CCNC4)cc3)nc2n1Cc1ccccc1-c1nccs1. The molecule has 11 heteroatoms. The molecule has 1 aliphatic heterocycles. The summed E-state index contributed by atoms with van der Waals surface area (Å²) in [4.78, 5) is 32.1. The van der Waals surface area contributed by atoms with Crippen molar-refractivity contribution in [3.05, 3.63) is 113 Å². The molecule has 4 aromatic heterocycles. The molecule has 5 heterocycles. The summed E-state index contributed by atoms with van der Waals surface area (Å²) < 4.78 is 1.69. The van der Waals surface area contributed by atoms with Gasteiger partial charge in [0.25, 0.3) is 5.56 Å². The lowest BCUT2D eigenvalue weighted by Crippen LogP contribution is -2.25. The van der Waals surface area contributed by atoms with E-state index in [0.29, 0.717) is 29.9 Å². The number of rotatable bonds is 9. The third kappa shape index (κ3) is 5.94. The molecule has 0 radical (unpaired) electrons. The normalized spacial score (nSPS) is 14.6. The van der Waals surface area contributed by atoms with E-state index in [1.54, 1.807) is 46.8 Å². The molecular formula is C32H29N9OS. The minimum Gasteiger partial charge on any atom is -0.381 e. The predicted molar refractivity (Wildman–Crippen MR) is 173 cm³/mol. The van der Waals surface area contributed by atoms with Gasteiger partial charge in [0.1, 0.15) is 16.3 Å². The van der Waals surface area contributed by atoms with Crippen LogP contribution in [0.5, 0.6) is 0 Å². The predicted octanol–water partition coefficient (Wildman–Crippen LogP) is 5.62. The van der Waals surface area contributed by atoms with Gasteiger partial charge in [-0.15, -0.1) is 11.3 Å². The molecule has 7 rings (SSSR count). The van der Waals surface area contributed by atoms with E-state index in [2.05, 4.69) is 36.2 Å². The molecule has 1 aliphatic rings. The van der Waals surface area contributed by atoms with Crippen LogP contribution < -0.4 is 26.8 Å². The molecule has 1 unspecified atom stereocenters. The van der Waals surface area contributed by atoms with Crippen molar-refractivity contribution in [3.8, 4) is 10.6 Å². The summed E-state index contributed by atoms with van der Waals surface area (Å²) in [7, 11) is 0. The molecule has 0 spiro atoms. The van der Waals surface area contributed by atoms with Gasteiger partial charge in [-0.1, -0.05) is 24.3 Å². The lowest BCUT2D eigenvalue weighted by Gasteiger charge is -2.16. The number of anilines is 5. The quantitative estimate of drug-likeness (QED) is 0.171. The van der Waals surface area contributed by atoms with E-state index >= 15 is 0 Å². The minimum atomic E-state index is -0.202. The number of nitrogens with one attached hydrogen (secondary N) is 4. The Morgan fingerprint density at radius 2 is 1.81 bits per heavy atom. The van der Waals surface area contributed by atoms with Crippen molar-refractivity contribution in [1.29, 1.82) is 0 Å². The van der Waals surface area contributed by atoms with Crippen molar-refractivity contribution >= 4 is 51.1 Å². The molecule has 0 aliphatic carbocycles. The largest absolute Gasteiger partial charge is 0.381 e. The Balaban J connectivity index is 1.25. The molecule has 0 amide bonds. The number of aromatic nitrogens is 5. The number of hydrogen-bond donors (Lipinski definition) is 4. The lowest BCUT2D eigenvalue weighted by atomic mass is 10.1. The van der Waals surface area contributed by atoms with Crippen LogP contribution in [0.2, 0.25) is 0 Å². The van der Waals surface area contributed by atoms with Gasteiger partial charge in [0.15, 0.2) is 0 Å². The van der Waals surface area contributed by atoms with Gasteiger partial charge in [-0.25, -0.2) is 9.97 Å². The van der Waals surface area contributed by atoms with Crippen LogP contribution in [0.4, 0.5) is 28.7 Å². The number of nitrogens with zero attached hydrogens (tertiary/aromatic N) is 5. The fourth-order valence-electron chi connectivity index (χ4n) is 5.23. The molecule has 4 N–H and O–H groups in total. The van der Waals surface area contributed by atoms with Crippen LogP contribution in [0.15, 0.2) is 102 Å².